The second kappa shape index (κ2) is 4.02. The van der Waals surface area contributed by atoms with Crippen LogP contribution in [-0.4, -0.2) is 16.2 Å². The van der Waals surface area contributed by atoms with Gasteiger partial charge < -0.3 is 10.2 Å². The molecular formula is C8H5BrF2O3. The van der Waals surface area contributed by atoms with Crippen LogP contribution in [0.5, 0.6) is 0 Å². The van der Waals surface area contributed by atoms with Gasteiger partial charge in [-0.2, -0.15) is 0 Å². The highest BCUT2D eigenvalue weighted by Gasteiger charge is 2.19. The molecule has 76 valence electrons. The zero-order valence-electron chi connectivity index (χ0n) is 6.67. The summed E-state index contributed by atoms with van der Waals surface area (Å²) in [5, 5.41) is 17.4. The zero-order chi connectivity index (χ0) is 10.9. The van der Waals surface area contributed by atoms with Crippen LogP contribution in [0.15, 0.2) is 16.6 Å². The number of hydrogen-bond acceptors (Lipinski definition) is 2. The molecule has 1 rings (SSSR count). The van der Waals surface area contributed by atoms with E-state index in [1.54, 1.807) is 0 Å². The molecule has 2 N–H and O–H groups in total. The molecule has 0 spiro atoms. The van der Waals surface area contributed by atoms with E-state index in [1.165, 1.54) is 0 Å². The summed E-state index contributed by atoms with van der Waals surface area (Å²) in [6.45, 7) is 0. The molecular weight excluding hydrogens is 262 g/mol. The van der Waals surface area contributed by atoms with Gasteiger partial charge in [0.25, 0.3) is 0 Å². The van der Waals surface area contributed by atoms with Crippen LogP contribution in [0.25, 0.3) is 0 Å². The predicted molar refractivity (Wildman–Crippen MR) is 46.7 cm³/mol. The minimum Gasteiger partial charge on any atom is -0.479 e. The molecule has 1 aromatic rings. The number of aliphatic carboxylic acids is 1. The minimum absolute atomic E-state index is 0.337. The number of carboxylic acid groups (broad SMARTS) is 1. The molecule has 0 radical (unpaired) electrons. The molecule has 0 aliphatic rings. The molecule has 0 saturated carbocycles. The number of halogens is 3. The van der Waals surface area contributed by atoms with Crippen LogP contribution in [0.2, 0.25) is 0 Å². The third-order valence-corrected chi connectivity index (χ3v) is 2.31. The number of rotatable bonds is 2. The number of carbonyl (C=O) groups is 1. The van der Waals surface area contributed by atoms with E-state index in [0.29, 0.717) is 0 Å². The van der Waals surface area contributed by atoms with Gasteiger partial charge in [0.15, 0.2) is 6.10 Å². The molecule has 6 heteroatoms. The summed E-state index contributed by atoms with van der Waals surface area (Å²) in [4.78, 5) is 10.3. The third-order valence-electron chi connectivity index (χ3n) is 1.56. The average molecular weight is 267 g/mol. The molecule has 1 atom stereocenters. The van der Waals surface area contributed by atoms with Crippen LogP contribution in [0.1, 0.15) is 11.7 Å². The van der Waals surface area contributed by atoms with Crippen LogP contribution in [-0.2, 0) is 4.79 Å². The number of benzene rings is 1. The average Bonchev–Trinajstić information content (AvgIpc) is 2.12. The van der Waals surface area contributed by atoms with Gasteiger partial charge in [0.2, 0.25) is 0 Å². The zero-order valence-corrected chi connectivity index (χ0v) is 8.25. The Morgan fingerprint density at radius 3 is 2.14 bits per heavy atom. The maximum atomic E-state index is 12.9. The van der Waals surface area contributed by atoms with Crippen LogP contribution < -0.4 is 0 Å². The first-order valence-electron chi connectivity index (χ1n) is 3.48. The van der Waals surface area contributed by atoms with E-state index in [2.05, 4.69) is 15.9 Å². The fourth-order valence-electron chi connectivity index (χ4n) is 0.876. The van der Waals surface area contributed by atoms with E-state index in [4.69, 9.17) is 10.2 Å². The van der Waals surface area contributed by atoms with Gasteiger partial charge in [-0.05, 0) is 33.6 Å². The summed E-state index contributed by atoms with van der Waals surface area (Å²) >= 11 is 2.62. The Morgan fingerprint density at radius 2 is 1.79 bits per heavy atom. The summed E-state index contributed by atoms with van der Waals surface area (Å²) in [5.41, 5.74) is -0.337. The fourth-order valence-corrected chi connectivity index (χ4v) is 1.10. The van der Waals surface area contributed by atoms with Crippen LogP contribution in [0.3, 0.4) is 0 Å². The van der Waals surface area contributed by atoms with E-state index >= 15 is 0 Å². The van der Waals surface area contributed by atoms with Crippen molar-refractivity contribution in [1.29, 1.82) is 0 Å². The molecule has 0 heterocycles. The molecule has 0 aliphatic carbocycles. The summed E-state index contributed by atoms with van der Waals surface area (Å²) in [5.74, 6) is -3.48. The van der Waals surface area contributed by atoms with Gasteiger partial charge in [0, 0.05) is 0 Å². The van der Waals surface area contributed by atoms with Crippen molar-refractivity contribution in [2.75, 3.05) is 0 Å². The molecule has 1 aromatic carbocycles. The normalized spacial score (nSPS) is 12.6. The van der Waals surface area contributed by atoms with Crippen molar-refractivity contribution >= 4 is 21.9 Å². The molecule has 0 saturated heterocycles. The van der Waals surface area contributed by atoms with E-state index in [1.807, 2.05) is 0 Å². The molecule has 0 amide bonds. The lowest BCUT2D eigenvalue weighted by molar-refractivity contribution is -0.146. The molecule has 1 unspecified atom stereocenters. The molecule has 0 aromatic heterocycles. The summed E-state index contributed by atoms with van der Waals surface area (Å²) in [6.07, 6.45) is -1.92. The van der Waals surface area contributed by atoms with E-state index in [0.717, 1.165) is 12.1 Å². The van der Waals surface area contributed by atoms with Crippen LogP contribution in [0, 0.1) is 11.6 Å². The fraction of sp³-hybridized carbons (Fsp3) is 0.125. The summed E-state index contributed by atoms with van der Waals surface area (Å²) < 4.78 is 25.4. The number of carboxylic acids is 1. The Labute approximate surface area is 86.1 Å². The highest BCUT2D eigenvalue weighted by molar-refractivity contribution is 9.10. The number of hydrogen-bond donors (Lipinski definition) is 2. The van der Waals surface area contributed by atoms with Crippen molar-refractivity contribution in [2.24, 2.45) is 0 Å². The highest BCUT2D eigenvalue weighted by atomic mass is 79.9. The van der Waals surface area contributed by atoms with Crippen LogP contribution in [0.4, 0.5) is 8.78 Å². The Balaban J connectivity index is 3.19. The summed E-state index contributed by atoms with van der Waals surface area (Å²) in [7, 11) is 0. The van der Waals surface area contributed by atoms with Crippen molar-refractivity contribution < 1.29 is 23.8 Å². The topological polar surface area (TPSA) is 57.5 Å². The van der Waals surface area contributed by atoms with E-state index in [-0.39, 0.29) is 10.0 Å². The molecule has 0 fully saturated rings. The Kier molecular flexibility index (Phi) is 3.17. The SMILES string of the molecule is O=C(O)C(O)c1cc(F)c(Br)c(F)c1. The van der Waals surface area contributed by atoms with Gasteiger partial charge >= 0.3 is 5.97 Å². The van der Waals surface area contributed by atoms with Crippen molar-refractivity contribution in [2.45, 2.75) is 6.10 Å². The quantitative estimate of drug-likeness (QED) is 0.804. The first-order valence-corrected chi connectivity index (χ1v) is 4.28. The molecule has 0 aliphatic heterocycles. The Bertz CT molecular complexity index is 358. The van der Waals surface area contributed by atoms with Gasteiger partial charge in [-0.25, -0.2) is 13.6 Å². The highest BCUT2D eigenvalue weighted by Crippen LogP contribution is 2.24. The van der Waals surface area contributed by atoms with Gasteiger partial charge in [-0.15, -0.1) is 0 Å². The van der Waals surface area contributed by atoms with Crippen molar-refractivity contribution in [3.8, 4) is 0 Å². The minimum atomic E-state index is -1.92. The van der Waals surface area contributed by atoms with E-state index < -0.39 is 23.7 Å². The van der Waals surface area contributed by atoms with Gasteiger partial charge in [0.1, 0.15) is 11.6 Å². The second-order valence-corrected chi connectivity index (χ2v) is 3.33. The van der Waals surface area contributed by atoms with Gasteiger partial charge in [-0.3, -0.25) is 0 Å². The van der Waals surface area contributed by atoms with E-state index in [9.17, 15) is 13.6 Å². The first-order chi connectivity index (χ1) is 6.43. The lowest BCUT2D eigenvalue weighted by Gasteiger charge is -2.06. The number of aliphatic hydroxyl groups excluding tert-OH is 1. The van der Waals surface area contributed by atoms with Crippen molar-refractivity contribution in [1.82, 2.24) is 0 Å². The third kappa shape index (κ3) is 2.08. The standard InChI is InChI=1S/C8H5BrF2O3/c9-6-4(10)1-3(2-5(6)11)7(12)8(13)14/h1-2,7,12H,(H,13,14). The first kappa shape index (κ1) is 11.1. The van der Waals surface area contributed by atoms with Crippen molar-refractivity contribution in [3.63, 3.8) is 0 Å². The Hall–Kier alpha value is -1.01. The maximum absolute atomic E-state index is 12.9. The lowest BCUT2D eigenvalue weighted by atomic mass is 10.1. The molecule has 3 nitrogen and oxygen atoms in total. The predicted octanol–water partition coefficient (Wildman–Crippen LogP) is 1.85. The molecule has 14 heavy (non-hydrogen) atoms. The van der Waals surface area contributed by atoms with Crippen molar-refractivity contribution in [3.05, 3.63) is 33.8 Å². The lowest BCUT2D eigenvalue weighted by Crippen LogP contribution is -2.11. The summed E-state index contributed by atoms with van der Waals surface area (Å²) in [6, 6.07) is 1.51. The van der Waals surface area contributed by atoms with Gasteiger partial charge in [-0.1, -0.05) is 0 Å². The van der Waals surface area contributed by atoms with Gasteiger partial charge in [0.05, 0.1) is 4.47 Å². The Morgan fingerprint density at radius 1 is 1.36 bits per heavy atom. The molecule has 0 bridgehead atoms. The number of aliphatic hydroxyl groups is 1. The smallest absolute Gasteiger partial charge is 0.337 e. The second-order valence-electron chi connectivity index (χ2n) is 2.54. The maximum Gasteiger partial charge on any atom is 0.337 e. The largest absolute Gasteiger partial charge is 0.479 e. The van der Waals surface area contributed by atoms with Crippen LogP contribution >= 0.6 is 15.9 Å². The monoisotopic (exact) mass is 266 g/mol.